The van der Waals surface area contributed by atoms with Crippen LogP contribution in [0.5, 0.6) is 0 Å². The number of halogens is 4. The number of rotatable bonds is 6. The quantitative estimate of drug-likeness (QED) is 0.319. The van der Waals surface area contributed by atoms with Crippen molar-refractivity contribution in [2.45, 2.75) is 34.0 Å². The summed E-state index contributed by atoms with van der Waals surface area (Å²) in [4.78, 5) is 12.2. The highest BCUT2D eigenvalue weighted by atomic mass is 19.2. The number of carbonyl (C=O) groups excluding carboxylic acids is 1. The lowest BCUT2D eigenvalue weighted by atomic mass is 10.1. The van der Waals surface area contributed by atoms with Gasteiger partial charge in [-0.15, -0.1) is 0 Å². The van der Waals surface area contributed by atoms with E-state index >= 15 is 0 Å². The number of nitrogens with zero attached hydrogens (tertiary/aromatic N) is 1. The van der Waals surface area contributed by atoms with Crippen LogP contribution in [0.15, 0.2) is 11.6 Å². The highest BCUT2D eigenvalue weighted by Gasteiger charge is 2.61. The summed E-state index contributed by atoms with van der Waals surface area (Å²) in [7, 11) is 1.13. The number of esters is 1. The van der Waals surface area contributed by atoms with E-state index in [4.69, 9.17) is 10.00 Å². The number of benzene rings is 1. The molecule has 1 aliphatic carbocycles. The molecule has 2 atom stereocenters. The molecule has 0 unspecified atom stereocenters. The van der Waals surface area contributed by atoms with Gasteiger partial charge in [0, 0.05) is 12.7 Å². The summed E-state index contributed by atoms with van der Waals surface area (Å²) < 4.78 is 65.4. The van der Waals surface area contributed by atoms with Crippen LogP contribution in [0.1, 0.15) is 31.9 Å². The van der Waals surface area contributed by atoms with Crippen LogP contribution in [-0.2, 0) is 27.5 Å². The summed E-state index contributed by atoms with van der Waals surface area (Å²) in [6.45, 7) is 3.57. The first-order valence-corrected chi connectivity index (χ1v) is 8.15. The van der Waals surface area contributed by atoms with E-state index in [1.54, 1.807) is 26.8 Å². The van der Waals surface area contributed by atoms with E-state index in [2.05, 4.69) is 4.74 Å². The molecule has 1 aromatic rings. The normalized spacial score (nSPS) is 20.9. The van der Waals surface area contributed by atoms with Crippen LogP contribution in [0.4, 0.5) is 17.6 Å². The van der Waals surface area contributed by atoms with Crippen LogP contribution in [0, 0.1) is 51.9 Å². The summed E-state index contributed by atoms with van der Waals surface area (Å²) >= 11 is 0. The Hall–Kier alpha value is -2.40. The van der Waals surface area contributed by atoms with Crippen molar-refractivity contribution in [3.05, 3.63) is 46.0 Å². The highest BCUT2D eigenvalue weighted by Crippen LogP contribution is 2.59. The van der Waals surface area contributed by atoms with E-state index in [9.17, 15) is 22.4 Å². The summed E-state index contributed by atoms with van der Waals surface area (Å²) in [5.74, 6) is -8.06. The van der Waals surface area contributed by atoms with Crippen molar-refractivity contribution in [3.8, 4) is 6.07 Å². The van der Waals surface area contributed by atoms with Crippen molar-refractivity contribution < 1.29 is 31.8 Å². The number of allylic oxidation sites excluding steroid dienone is 2. The van der Waals surface area contributed by atoms with Gasteiger partial charge in [0.05, 0.1) is 29.7 Å². The average Bonchev–Trinajstić information content (AvgIpc) is 3.16. The van der Waals surface area contributed by atoms with E-state index < -0.39 is 64.9 Å². The van der Waals surface area contributed by atoms with Crippen molar-refractivity contribution in [1.29, 1.82) is 5.26 Å². The first-order chi connectivity index (χ1) is 12.6. The van der Waals surface area contributed by atoms with Crippen LogP contribution < -0.4 is 0 Å². The van der Waals surface area contributed by atoms with E-state index in [1.807, 2.05) is 6.07 Å². The number of nitriles is 1. The zero-order valence-electron chi connectivity index (χ0n) is 15.3. The van der Waals surface area contributed by atoms with Gasteiger partial charge >= 0.3 is 5.97 Å². The number of ether oxygens (including phenoxy) is 2. The number of hydrogen-bond acceptors (Lipinski definition) is 4. The van der Waals surface area contributed by atoms with Gasteiger partial charge < -0.3 is 9.47 Å². The van der Waals surface area contributed by atoms with Gasteiger partial charge in [0.15, 0.2) is 23.3 Å². The summed E-state index contributed by atoms with van der Waals surface area (Å²) in [5.41, 5.74) is -1.94. The Morgan fingerprint density at radius 1 is 1.11 bits per heavy atom. The van der Waals surface area contributed by atoms with Crippen LogP contribution >= 0.6 is 0 Å². The van der Waals surface area contributed by atoms with Crippen molar-refractivity contribution in [3.63, 3.8) is 0 Å². The van der Waals surface area contributed by atoms with E-state index in [0.29, 0.717) is 5.57 Å². The minimum atomic E-state index is -1.62. The molecule has 146 valence electrons. The second-order valence-corrected chi connectivity index (χ2v) is 7.04. The maximum atomic E-state index is 14.1. The van der Waals surface area contributed by atoms with Gasteiger partial charge in [-0.3, -0.25) is 4.79 Å². The third-order valence-corrected chi connectivity index (χ3v) is 4.86. The summed E-state index contributed by atoms with van der Waals surface area (Å²) in [6.07, 6.45) is 1.63. The molecule has 1 saturated carbocycles. The van der Waals surface area contributed by atoms with E-state index in [1.165, 1.54) is 0 Å². The molecule has 0 N–H and O–H groups in total. The van der Waals surface area contributed by atoms with Gasteiger partial charge in [0.2, 0.25) is 0 Å². The zero-order valence-corrected chi connectivity index (χ0v) is 15.3. The number of hydrogen-bond donors (Lipinski definition) is 0. The predicted molar refractivity (Wildman–Crippen MR) is 86.9 cm³/mol. The monoisotopic (exact) mass is 385 g/mol. The van der Waals surface area contributed by atoms with Gasteiger partial charge in [0.1, 0.15) is 6.61 Å². The lowest BCUT2D eigenvalue weighted by molar-refractivity contribution is -0.147. The number of methoxy groups -OCH3 is 1. The molecule has 1 aromatic carbocycles. The van der Waals surface area contributed by atoms with Crippen LogP contribution in [-0.4, -0.2) is 13.1 Å². The van der Waals surface area contributed by atoms with Gasteiger partial charge in [-0.05, 0) is 18.3 Å². The van der Waals surface area contributed by atoms with Gasteiger partial charge in [-0.1, -0.05) is 19.9 Å². The standard InChI is InChI=1S/C19H19F4NO3/c1-9(6-24)5-12-13(19(12,2)3)18(25)27-8-11-16(22)14(20)10(7-26-4)15(21)17(11)23/h5,12-13H,7-8H2,1-4H3/t12-,13-/m0/s1. The fraction of sp³-hybridized carbons (Fsp3) is 0.474. The third-order valence-electron chi connectivity index (χ3n) is 4.86. The smallest absolute Gasteiger partial charge is 0.310 e. The highest BCUT2D eigenvalue weighted by molar-refractivity contribution is 5.78. The molecule has 27 heavy (non-hydrogen) atoms. The maximum Gasteiger partial charge on any atom is 0.310 e. The van der Waals surface area contributed by atoms with Crippen LogP contribution in [0.25, 0.3) is 0 Å². The Morgan fingerprint density at radius 2 is 1.59 bits per heavy atom. The van der Waals surface area contributed by atoms with Crippen molar-refractivity contribution >= 4 is 5.97 Å². The molecule has 0 bridgehead atoms. The summed E-state index contributed by atoms with van der Waals surface area (Å²) in [5, 5.41) is 8.83. The molecule has 0 amide bonds. The molecule has 1 aliphatic rings. The topological polar surface area (TPSA) is 59.3 Å². The minimum Gasteiger partial charge on any atom is -0.460 e. The predicted octanol–water partition coefficient (Wildman–Crippen LogP) is 4.17. The molecule has 0 aliphatic heterocycles. The lowest BCUT2D eigenvalue weighted by Crippen LogP contribution is -2.15. The van der Waals surface area contributed by atoms with E-state index in [-0.39, 0.29) is 5.92 Å². The Bertz CT molecular complexity index is 813. The fourth-order valence-electron chi connectivity index (χ4n) is 3.10. The largest absolute Gasteiger partial charge is 0.460 e. The lowest BCUT2D eigenvalue weighted by Gasteiger charge is -2.12. The second-order valence-electron chi connectivity index (χ2n) is 7.04. The Balaban J connectivity index is 2.18. The summed E-state index contributed by atoms with van der Waals surface area (Å²) in [6, 6.07) is 1.95. The third kappa shape index (κ3) is 3.83. The molecule has 0 heterocycles. The Kier molecular flexibility index (Phi) is 5.95. The molecular weight excluding hydrogens is 366 g/mol. The molecule has 2 rings (SSSR count). The first kappa shape index (κ1) is 20.9. The Morgan fingerprint density at radius 3 is 2.04 bits per heavy atom. The van der Waals surface area contributed by atoms with Crippen molar-refractivity contribution in [2.75, 3.05) is 7.11 Å². The molecule has 0 radical (unpaired) electrons. The zero-order chi connectivity index (χ0) is 20.5. The molecular formula is C19H19F4NO3. The minimum absolute atomic E-state index is 0.267. The Labute approximate surface area is 154 Å². The second kappa shape index (κ2) is 7.69. The molecule has 8 heteroatoms. The van der Waals surface area contributed by atoms with Gasteiger partial charge in [-0.2, -0.15) is 5.26 Å². The van der Waals surface area contributed by atoms with Crippen molar-refractivity contribution in [1.82, 2.24) is 0 Å². The molecule has 1 fully saturated rings. The number of carbonyl (C=O) groups is 1. The molecule has 0 saturated heterocycles. The van der Waals surface area contributed by atoms with E-state index in [0.717, 1.165) is 7.11 Å². The van der Waals surface area contributed by atoms with Crippen LogP contribution in [0.3, 0.4) is 0 Å². The van der Waals surface area contributed by atoms with Crippen LogP contribution in [0.2, 0.25) is 0 Å². The maximum absolute atomic E-state index is 14.1. The molecule has 0 spiro atoms. The van der Waals surface area contributed by atoms with Crippen molar-refractivity contribution in [2.24, 2.45) is 17.3 Å². The fourth-order valence-corrected chi connectivity index (χ4v) is 3.10. The SMILES string of the molecule is COCc1c(F)c(F)c(COC(=O)[C@@H]2[C@H](C=C(C)C#N)C2(C)C)c(F)c1F. The van der Waals surface area contributed by atoms with Gasteiger partial charge in [0.25, 0.3) is 0 Å². The first-order valence-electron chi connectivity index (χ1n) is 8.15. The molecule has 0 aromatic heterocycles. The van der Waals surface area contributed by atoms with Gasteiger partial charge in [-0.25, -0.2) is 17.6 Å². The molecule has 4 nitrogen and oxygen atoms in total. The average molecular weight is 385 g/mol.